The van der Waals surface area contributed by atoms with Crippen LogP contribution >= 0.6 is 15.9 Å². The number of aliphatic hydroxyl groups excluding tert-OH is 2. The SMILES string of the molecule is OCCCN(CCO)Cc1ccc(Br)cc1F. The second kappa shape index (κ2) is 7.76. The molecule has 1 aromatic rings. The fraction of sp³-hybridized carbons (Fsp3) is 0.500. The van der Waals surface area contributed by atoms with Crippen LogP contribution in [0.4, 0.5) is 4.39 Å². The fourth-order valence-corrected chi connectivity index (χ4v) is 1.93. The lowest BCUT2D eigenvalue weighted by molar-refractivity contribution is 0.173. The zero-order chi connectivity index (χ0) is 12.7. The Balaban J connectivity index is 2.64. The van der Waals surface area contributed by atoms with Gasteiger partial charge in [0.1, 0.15) is 5.82 Å². The van der Waals surface area contributed by atoms with Gasteiger partial charge in [0.05, 0.1) is 6.61 Å². The molecule has 3 nitrogen and oxygen atoms in total. The number of rotatable bonds is 7. The van der Waals surface area contributed by atoms with E-state index in [2.05, 4.69) is 15.9 Å². The molecule has 1 rings (SSSR count). The molecular formula is C12H17BrFNO2. The molecule has 0 aromatic heterocycles. The molecule has 1 aromatic carbocycles. The summed E-state index contributed by atoms with van der Waals surface area (Å²) in [5, 5.41) is 17.7. The molecule has 2 N–H and O–H groups in total. The van der Waals surface area contributed by atoms with Crippen molar-refractivity contribution >= 4 is 15.9 Å². The Bertz CT molecular complexity index is 349. The number of benzene rings is 1. The first-order valence-corrected chi connectivity index (χ1v) is 6.34. The third-order valence-corrected chi connectivity index (χ3v) is 2.95. The van der Waals surface area contributed by atoms with E-state index in [0.29, 0.717) is 36.1 Å². The van der Waals surface area contributed by atoms with Gasteiger partial charge >= 0.3 is 0 Å². The first-order chi connectivity index (χ1) is 8.17. The van der Waals surface area contributed by atoms with Gasteiger partial charge in [0.15, 0.2) is 0 Å². The molecule has 0 spiro atoms. The van der Waals surface area contributed by atoms with Crippen LogP contribution in [0.25, 0.3) is 0 Å². The smallest absolute Gasteiger partial charge is 0.128 e. The van der Waals surface area contributed by atoms with Crippen molar-refractivity contribution in [2.24, 2.45) is 0 Å². The molecule has 0 unspecified atom stereocenters. The number of halogens is 2. The summed E-state index contributed by atoms with van der Waals surface area (Å²) in [5.74, 6) is -0.258. The van der Waals surface area contributed by atoms with Gasteiger partial charge in [0.2, 0.25) is 0 Å². The molecule has 5 heteroatoms. The molecule has 0 aliphatic rings. The molecule has 0 atom stereocenters. The van der Waals surface area contributed by atoms with Crippen molar-refractivity contribution in [1.82, 2.24) is 4.90 Å². The Morgan fingerprint density at radius 2 is 1.94 bits per heavy atom. The number of hydrogen-bond acceptors (Lipinski definition) is 3. The van der Waals surface area contributed by atoms with E-state index in [1.54, 1.807) is 12.1 Å². The third kappa shape index (κ3) is 5.12. The Kier molecular flexibility index (Phi) is 6.65. The summed E-state index contributed by atoms with van der Waals surface area (Å²) < 4.78 is 14.3. The zero-order valence-electron chi connectivity index (χ0n) is 9.57. The summed E-state index contributed by atoms with van der Waals surface area (Å²) in [6, 6.07) is 4.95. The molecule has 0 saturated carbocycles. The molecule has 0 bridgehead atoms. The number of nitrogens with zero attached hydrogens (tertiary/aromatic N) is 1. The lowest BCUT2D eigenvalue weighted by Crippen LogP contribution is -2.28. The lowest BCUT2D eigenvalue weighted by atomic mass is 10.2. The summed E-state index contributed by atoms with van der Waals surface area (Å²) in [4.78, 5) is 1.92. The molecule has 96 valence electrons. The Hall–Kier alpha value is -0.490. The molecule has 17 heavy (non-hydrogen) atoms. The minimum absolute atomic E-state index is 0.0313. The van der Waals surface area contributed by atoms with Gasteiger partial charge in [-0.1, -0.05) is 22.0 Å². The highest BCUT2D eigenvalue weighted by atomic mass is 79.9. The van der Waals surface area contributed by atoms with E-state index in [4.69, 9.17) is 10.2 Å². The van der Waals surface area contributed by atoms with Gasteiger partial charge < -0.3 is 10.2 Å². The van der Waals surface area contributed by atoms with Crippen LogP contribution in [0.15, 0.2) is 22.7 Å². The summed E-state index contributed by atoms with van der Waals surface area (Å²) in [6.07, 6.45) is 0.623. The van der Waals surface area contributed by atoms with Crippen LogP contribution in [0.5, 0.6) is 0 Å². The van der Waals surface area contributed by atoms with Crippen LogP contribution in [-0.4, -0.2) is 41.4 Å². The van der Waals surface area contributed by atoms with Crippen LogP contribution in [0, 0.1) is 5.82 Å². The highest BCUT2D eigenvalue weighted by molar-refractivity contribution is 9.10. The predicted octanol–water partition coefficient (Wildman–Crippen LogP) is 1.76. The third-order valence-electron chi connectivity index (χ3n) is 2.46. The first kappa shape index (κ1) is 14.6. The van der Waals surface area contributed by atoms with Crippen LogP contribution in [0.2, 0.25) is 0 Å². The molecule has 0 heterocycles. The monoisotopic (exact) mass is 305 g/mol. The van der Waals surface area contributed by atoms with Gasteiger partial charge in [-0.25, -0.2) is 4.39 Å². The van der Waals surface area contributed by atoms with Gasteiger partial charge in [-0.05, 0) is 18.6 Å². The maximum Gasteiger partial charge on any atom is 0.128 e. The number of hydrogen-bond donors (Lipinski definition) is 2. The van der Waals surface area contributed by atoms with Crippen molar-refractivity contribution in [3.63, 3.8) is 0 Å². The van der Waals surface area contributed by atoms with Gasteiger partial charge in [0.25, 0.3) is 0 Å². The van der Waals surface area contributed by atoms with E-state index < -0.39 is 0 Å². The van der Waals surface area contributed by atoms with Crippen LogP contribution in [0.1, 0.15) is 12.0 Å². The predicted molar refractivity (Wildman–Crippen MR) is 68.2 cm³/mol. The van der Waals surface area contributed by atoms with E-state index >= 15 is 0 Å². The van der Waals surface area contributed by atoms with E-state index in [1.165, 1.54) is 6.07 Å². The summed E-state index contributed by atoms with van der Waals surface area (Å²) in [5.41, 5.74) is 0.597. The van der Waals surface area contributed by atoms with E-state index in [0.717, 1.165) is 0 Å². The van der Waals surface area contributed by atoms with Crippen molar-refractivity contribution in [1.29, 1.82) is 0 Å². The van der Waals surface area contributed by atoms with Gasteiger partial charge in [0, 0.05) is 36.3 Å². The summed E-state index contributed by atoms with van der Waals surface area (Å²) in [7, 11) is 0. The molecule has 0 fully saturated rings. The Labute approximate surface area is 109 Å². The molecule has 0 saturated heterocycles. The average Bonchev–Trinajstić information content (AvgIpc) is 2.29. The molecule has 0 aliphatic heterocycles. The quantitative estimate of drug-likeness (QED) is 0.807. The van der Waals surface area contributed by atoms with Crippen molar-refractivity contribution in [3.8, 4) is 0 Å². The van der Waals surface area contributed by atoms with Gasteiger partial charge in [-0.2, -0.15) is 0 Å². The molecule has 0 radical (unpaired) electrons. The largest absolute Gasteiger partial charge is 0.396 e. The van der Waals surface area contributed by atoms with Crippen LogP contribution in [-0.2, 0) is 6.54 Å². The van der Waals surface area contributed by atoms with E-state index in [1.807, 2.05) is 4.90 Å². The van der Waals surface area contributed by atoms with Gasteiger partial charge in [-0.3, -0.25) is 4.90 Å². The average molecular weight is 306 g/mol. The van der Waals surface area contributed by atoms with Gasteiger partial charge in [-0.15, -0.1) is 0 Å². The topological polar surface area (TPSA) is 43.7 Å². The molecular weight excluding hydrogens is 289 g/mol. The summed E-state index contributed by atoms with van der Waals surface area (Å²) in [6.45, 7) is 1.70. The highest BCUT2D eigenvalue weighted by Crippen LogP contribution is 2.16. The highest BCUT2D eigenvalue weighted by Gasteiger charge is 2.09. The Morgan fingerprint density at radius 1 is 1.18 bits per heavy atom. The molecule has 0 aliphatic carbocycles. The summed E-state index contributed by atoms with van der Waals surface area (Å²) >= 11 is 3.21. The van der Waals surface area contributed by atoms with E-state index in [9.17, 15) is 4.39 Å². The van der Waals surface area contributed by atoms with Crippen LogP contribution < -0.4 is 0 Å². The second-order valence-electron chi connectivity index (χ2n) is 3.81. The maximum absolute atomic E-state index is 13.6. The minimum Gasteiger partial charge on any atom is -0.396 e. The Morgan fingerprint density at radius 3 is 2.53 bits per heavy atom. The maximum atomic E-state index is 13.6. The van der Waals surface area contributed by atoms with Crippen molar-refractivity contribution in [2.45, 2.75) is 13.0 Å². The normalized spacial score (nSPS) is 11.1. The fourth-order valence-electron chi connectivity index (χ4n) is 1.60. The second-order valence-corrected chi connectivity index (χ2v) is 4.73. The van der Waals surface area contributed by atoms with Crippen molar-refractivity contribution in [2.75, 3.05) is 26.3 Å². The molecule has 0 amide bonds. The first-order valence-electron chi connectivity index (χ1n) is 5.55. The number of aliphatic hydroxyl groups is 2. The lowest BCUT2D eigenvalue weighted by Gasteiger charge is -2.21. The van der Waals surface area contributed by atoms with E-state index in [-0.39, 0.29) is 19.0 Å². The van der Waals surface area contributed by atoms with Crippen molar-refractivity contribution in [3.05, 3.63) is 34.1 Å². The van der Waals surface area contributed by atoms with Crippen molar-refractivity contribution < 1.29 is 14.6 Å². The zero-order valence-corrected chi connectivity index (χ0v) is 11.2. The standard InChI is InChI=1S/C12H17BrFNO2/c13-11-3-2-10(12(14)8-11)9-15(5-7-17)4-1-6-16/h2-3,8,16-17H,1,4-7,9H2. The van der Waals surface area contributed by atoms with Crippen LogP contribution in [0.3, 0.4) is 0 Å². The minimum atomic E-state index is -0.258.